The molecule has 1 aliphatic rings. The maximum absolute atomic E-state index is 12.1. The largest absolute Gasteiger partial charge is 0.490 e. The molecule has 1 aliphatic heterocycles. The van der Waals surface area contributed by atoms with Crippen molar-refractivity contribution in [3.63, 3.8) is 0 Å². The van der Waals surface area contributed by atoms with Crippen LogP contribution in [0.1, 0.15) is 23.2 Å². The topological polar surface area (TPSA) is 69.4 Å². The zero-order chi connectivity index (χ0) is 13.1. The predicted molar refractivity (Wildman–Crippen MR) is 69.5 cm³/mol. The maximum atomic E-state index is 12.1. The molecule has 0 saturated carbocycles. The van der Waals surface area contributed by atoms with Crippen LogP contribution in [0, 0.1) is 10.1 Å². The molecule has 0 aromatic heterocycles. The summed E-state index contributed by atoms with van der Waals surface area (Å²) in [5.74, 6) is 1.13. The number of ether oxygens (including phenoxy) is 1. The monoisotopic (exact) mass is 267 g/mol. The third-order valence-electron chi connectivity index (χ3n) is 2.88. The highest BCUT2D eigenvalue weighted by Crippen LogP contribution is 2.32. The molecule has 0 N–H and O–H groups in total. The lowest BCUT2D eigenvalue weighted by Crippen LogP contribution is -2.14. The van der Waals surface area contributed by atoms with E-state index >= 15 is 0 Å². The number of nitro groups is 1. The Labute approximate surface area is 109 Å². The van der Waals surface area contributed by atoms with Gasteiger partial charge in [-0.2, -0.15) is 11.8 Å². The van der Waals surface area contributed by atoms with Gasteiger partial charge in [-0.15, -0.1) is 0 Å². The number of carbonyl (C=O) groups is 1. The van der Waals surface area contributed by atoms with Crippen molar-refractivity contribution < 1.29 is 14.5 Å². The van der Waals surface area contributed by atoms with Crippen LogP contribution in [-0.4, -0.2) is 28.8 Å². The van der Waals surface area contributed by atoms with E-state index in [0.717, 1.165) is 18.6 Å². The number of carbonyl (C=O) groups excluding carboxylic acids is 1. The quantitative estimate of drug-likeness (QED) is 0.476. The number of nitrogens with zero attached hydrogens (tertiary/aromatic N) is 1. The molecular formula is C12H13NO4S. The van der Waals surface area contributed by atoms with Crippen LogP contribution in [-0.2, 0) is 0 Å². The number of benzene rings is 1. The Bertz CT molecular complexity index is 483. The van der Waals surface area contributed by atoms with Crippen molar-refractivity contribution in [1.29, 1.82) is 0 Å². The van der Waals surface area contributed by atoms with Gasteiger partial charge in [-0.3, -0.25) is 14.9 Å². The van der Waals surface area contributed by atoms with Crippen LogP contribution in [0.5, 0.6) is 5.75 Å². The van der Waals surface area contributed by atoms with Crippen LogP contribution in [0.4, 0.5) is 5.69 Å². The molecule has 1 saturated heterocycles. The lowest BCUT2D eigenvalue weighted by atomic mass is 10.0. The van der Waals surface area contributed by atoms with Crippen molar-refractivity contribution >= 4 is 23.2 Å². The Morgan fingerprint density at radius 3 is 2.89 bits per heavy atom. The van der Waals surface area contributed by atoms with Gasteiger partial charge in [0.2, 0.25) is 0 Å². The summed E-state index contributed by atoms with van der Waals surface area (Å²) in [7, 11) is 1.37. The molecule has 0 aliphatic carbocycles. The van der Waals surface area contributed by atoms with E-state index in [2.05, 4.69) is 0 Å². The molecule has 0 amide bonds. The molecule has 1 aromatic carbocycles. The van der Waals surface area contributed by atoms with Gasteiger partial charge in [-0.1, -0.05) is 0 Å². The fourth-order valence-electron chi connectivity index (χ4n) is 1.96. The average Bonchev–Trinajstić information content (AvgIpc) is 2.90. The molecular weight excluding hydrogens is 254 g/mol. The minimum atomic E-state index is -0.530. The number of hydrogen-bond acceptors (Lipinski definition) is 5. The summed E-state index contributed by atoms with van der Waals surface area (Å²) in [6.45, 7) is 0. The van der Waals surface area contributed by atoms with Crippen molar-refractivity contribution in [3.05, 3.63) is 33.9 Å². The Hall–Kier alpha value is -1.56. The number of methoxy groups -OCH3 is 1. The molecule has 2 rings (SSSR count). The molecule has 1 fully saturated rings. The number of Topliss-reactive ketones (excluding diaryl/α,β-unsaturated/α-hetero) is 1. The first kappa shape index (κ1) is 12.9. The minimum Gasteiger partial charge on any atom is -0.490 e. The summed E-state index contributed by atoms with van der Waals surface area (Å²) in [5, 5.41) is 10.8. The second-order valence-electron chi connectivity index (χ2n) is 4.01. The summed E-state index contributed by atoms with van der Waals surface area (Å²) < 4.78 is 4.91. The summed E-state index contributed by atoms with van der Waals surface area (Å²) in [5.41, 5.74) is 0.230. The molecule has 1 heterocycles. The Morgan fingerprint density at radius 2 is 2.33 bits per heavy atom. The van der Waals surface area contributed by atoms with Gasteiger partial charge in [-0.05, 0) is 30.7 Å². The summed E-state index contributed by atoms with van der Waals surface area (Å²) in [6.07, 6.45) is 1.88. The molecule has 18 heavy (non-hydrogen) atoms. The number of ketones is 1. The van der Waals surface area contributed by atoms with Crippen molar-refractivity contribution in [2.45, 2.75) is 18.1 Å². The van der Waals surface area contributed by atoms with Crippen LogP contribution >= 0.6 is 11.8 Å². The molecule has 6 heteroatoms. The Morgan fingerprint density at radius 1 is 1.56 bits per heavy atom. The number of thioether (sulfide) groups is 1. The Kier molecular flexibility index (Phi) is 3.86. The molecule has 96 valence electrons. The van der Waals surface area contributed by atoms with Gasteiger partial charge in [0.25, 0.3) is 0 Å². The van der Waals surface area contributed by atoms with E-state index in [0.29, 0.717) is 5.56 Å². The molecule has 0 radical (unpaired) electrons. The summed E-state index contributed by atoms with van der Waals surface area (Å²) in [6, 6.07) is 4.37. The number of rotatable bonds is 4. The van der Waals surface area contributed by atoms with E-state index in [1.54, 1.807) is 17.8 Å². The normalized spacial score (nSPS) is 18.6. The predicted octanol–water partition coefficient (Wildman–Crippen LogP) is 2.68. The van der Waals surface area contributed by atoms with Gasteiger partial charge in [0.15, 0.2) is 11.5 Å². The molecule has 0 spiro atoms. The van der Waals surface area contributed by atoms with E-state index in [1.807, 2.05) is 0 Å². The van der Waals surface area contributed by atoms with Gasteiger partial charge < -0.3 is 4.74 Å². The molecule has 1 atom stereocenters. The Balaban J connectivity index is 2.31. The molecule has 0 bridgehead atoms. The summed E-state index contributed by atoms with van der Waals surface area (Å²) in [4.78, 5) is 22.5. The average molecular weight is 267 g/mol. The lowest BCUT2D eigenvalue weighted by molar-refractivity contribution is -0.385. The zero-order valence-electron chi connectivity index (χ0n) is 9.92. The smallest absolute Gasteiger partial charge is 0.311 e. The van der Waals surface area contributed by atoms with E-state index in [4.69, 9.17) is 4.74 Å². The highest BCUT2D eigenvalue weighted by molar-refractivity contribution is 8.00. The van der Waals surface area contributed by atoms with Gasteiger partial charge in [0, 0.05) is 11.6 Å². The standard InChI is InChI=1S/C12H13NO4S/c1-17-10-5-4-8(7-9(10)13(15)16)12(14)11-3-2-6-18-11/h4-5,7,11H,2-3,6H2,1H3. The minimum absolute atomic E-state index is 0.0248. The van der Waals surface area contributed by atoms with Crippen LogP contribution in [0.2, 0.25) is 0 Å². The van der Waals surface area contributed by atoms with Crippen LogP contribution in [0.3, 0.4) is 0 Å². The second-order valence-corrected chi connectivity index (χ2v) is 5.32. The van der Waals surface area contributed by atoms with Crippen molar-refractivity contribution in [2.24, 2.45) is 0 Å². The van der Waals surface area contributed by atoms with Crippen LogP contribution < -0.4 is 4.74 Å². The van der Waals surface area contributed by atoms with E-state index in [9.17, 15) is 14.9 Å². The highest BCUT2D eigenvalue weighted by atomic mass is 32.2. The van der Waals surface area contributed by atoms with Crippen molar-refractivity contribution in [2.75, 3.05) is 12.9 Å². The SMILES string of the molecule is COc1ccc(C(=O)C2CCCS2)cc1[N+](=O)[O-]. The van der Waals surface area contributed by atoms with Crippen LogP contribution in [0.15, 0.2) is 18.2 Å². The van der Waals surface area contributed by atoms with Gasteiger partial charge in [0.1, 0.15) is 0 Å². The van der Waals surface area contributed by atoms with Crippen LogP contribution in [0.25, 0.3) is 0 Å². The van der Waals surface area contributed by atoms with Crippen molar-refractivity contribution in [1.82, 2.24) is 0 Å². The fourth-order valence-corrected chi connectivity index (χ4v) is 3.19. The number of hydrogen-bond donors (Lipinski definition) is 0. The molecule has 1 unspecified atom stereocenters. The number of nitro benzene ring substituents is 1. The first-order chi connectivity index (χ1) is 8.63. The van der Waals surface area contributed by atoms with E-state index in [1.165, 1.54) is 19.2 Å². The third kappa shape index (κ3) is 2.48. The van der Waals surface area contributed by atoms with E-state index < -0.39 is 4.92 Å². The lowest BCUT2D eigenvalue weighted by Gasteiger charge is -2.08. The fraction of sp³-hybridized carbons (Fsp3) is 0.417. The van der Waals surface area contributed by atoms with Gasteiger partial charge in [0.05, 0.1) is 17.3 Å². The maximum Gasteiger partial charge on any atom is 0.311 e. The third-order valence-corrected chi connectivity index (χ3v) is 4.26. The van der Waals surface area contributed by atoms with Gasteiger partial charge in [-0.25, -0.2) is 0 Å². The molecule has 5 nitrogen and oxygen atoms in total. The first-order valence-electron chi connectivity index (χ1n) is 5.61. The highest BCUT2D eigenvalue weighted by Gasteiger charge is 2.26. The van der Waals surface area contributed by atoms with Crippen molar-refractivity contribution in [3.8, 4) is 5.75 Å². The zero-order valence-corrected chi connectivity index (χ0v) is 10.7. The van der Waals surface area contributed by atoms with Gasteiger partial charge >= 0.3 is 5.69 Å². The van der Waals surface area contributed by atoms with E-state index in [-0.39, 0.29) is 22.5 Å². The first-order valence-corrected chi connectivity index (χ1v) is 6.66. The second kappa shape index (κ2) is 5.39. The summed E-state index contributed by atoms with van der Waals surface area (Å²) >= 11 is 1.62. The molecule has 1 aromatic rings.